The molecule has 28 heavy (non-hydrogen) atoms. The van der Waals surface area contributed by atoms with Crippen LogP contribution >= 0.6 is 0 Å². The van der Waals surface area contributed by atoms with Crippen LogP contribution in [-0.2, 0) is 29.5 Å². The Bertz CT molecular complexity index is 800. The van der Waals surface area contributed by atoms with Gasteiger partial charge in [-0.25, -0.2) is 4.79 Å². The topological polar surface area (TPSA) is 113 Å². The molecule has 2 N–H and O–H groups in total. The molecule has 150 valence electrons. The minimum atomic E-state index is -0.905. The maximum absolute atomic E-state index is 12.4. The van der Waals surface area contributed by atoms with E-state index in [1.165, 1.54) is 0 Å². The maximum atomic E-state index is 12.4. The molecule has 1 aliphatic rings. The summed E-state index contributed by atoms with van der Waals surface area (Å²) in [7, 11) is 1.89. The highest BCUT2D eigenvalue weighted by Crippen LogP contribution is 2.22. The summed E-state index contributed by atoms with van der Waals surface area (Å²) in [5, 5.41) is 20.0. The van der Waals surface area contributed by atoms with E-state index in [0.717, 1.165) is 37.2 Å². The zero-order chi connectivity index (χ0) is 20.5. The van der Waals surface area contributed by atoms with Gasteiger partial charge in [-0.3, -0.25) is 14.3 Å². The number of carbonyl (C=O) groups excluding carboxylic acids is 1. The van der Waals surface area contributed by atoms with E-state index in [0.29, 0.717) is 24.3 Å². The number of rotatable bonds is 6. The fraction of sp³-hybridized carbons (Fsp3) is 0.400. The van der Waals surface area contributed by atoms with Gasteiger partial charge in [0.15, 0.2) is 0 Å². The number of hydrogen-bond acceptors (Lipinski definition) is 4. The van der Waals surface area contributed by atoms with E-state index in [9.17, 15) is 9.59 Å². The van der Waals surface area contributed by atoms with Gasteiger partial charge in [0.1, 0.15) is 0 Å². The van der Waals surface area contributed by atoms with Gasteiger partial charge >= 0.3 is 5.97 Å². The van der Waals surface area contributed by atoms with Crippen LogP contribution in [0.3, 0.4) is 0 Å². The lowest BCUT2D eigenvalue weighted by atomic mass is 9.98. The van der Waals surface area contributed by atoms with Crippen molar-refractivity contribution in [1.29, 1.82) is 0 Å². The highest BCUT2D eigenvalue weighted by Gasteiger charge is 2.26. The quantitative estimate of drug-likeness (QED) is 0.732. The summed E-state index contributed by atoms with van der Waals surface area (Å²) in [4.78, 5) is 33.6. The van der Waals surface area contributed by atoms with Crippen LogP contribution in [0, 0.1) is 5.92 Å². The smallest absolute Gasteiger partial charge is 0.335 e. The number of carboxylic acids is 1. The van der Waals surface area contributed by atoms with Crippen LogP contribution in [0.25, 0.3) is 0 Å². The maximum Gasteiger partial charge on any atom is 0.335 e. The lowest BCUT2D eigenvalue weighted by molar-refractivity contribution is -0.130. The first-order chi connectivity index (χ1) is 13.4. The standard InChI is InChI=1S/C19H23N3O3.CH2O2/c1-21-17(8-10-20-21)6-7-18(23)22-11-9-15(13-22)12-14-2-4-16(5-3-14)19(24)25;2-1-3/h2-5,8,10,15H,6-7,9,11-13H2,1H3,(H,24,25);1H,(H,2,3). The van der Waals surface area contributed by atoms with Crippen LogP contribution in [0.4, 0.5) is 0 Å². The largest absolute Gasteiger partial charge is 0.483 e. The van der Waals surface area contributed by atoms with Crippen molar-refractivity contribution in [2.24, 2.45) is 13.0 Å². The van der Waals surface area contributed by atoms with Crippen molar-refractivity contribution in [2.75, 3.05) is 13.1 Å². The Hall–Kier alpha value is -3.16. The summed E-state index contributed by atoms with van der Waals surface area (Å²) in [6.45, 7) is 1.34. The summed E-state index contributed by atoms with van der Waals surface area (Å²) < 4.78 is 1.81. The average molecular weight is 387 g/mol. The molecule has 2 heterocycles. The fourth-order valence-corrected chi connectivity index (χ4v) is 3.38. The van der Waals surface area contributed by atoms with Crippen LogP contribution in [0.2, 0.25) is 0 Å². The first kappa shape index (κ1) is 21.1. The second-order valence-corrected chi connectivity index (χ2v) is 6.75. The number of hydrogen-bond donors (Lipinski definition) is 2. The van der Waals surface area contributed by atoms with Crippen molar-refractivity contribution in [1.82, 2.24) is 14.7 Å². The molecule has 8 nitrogen and oxygen atoms in total. The molecule has 0 radical (unpaired) electrons. The SMILES string of the molecule is Cn1nccc1CCC(=O)N1CCC(Cc2ccc(C(=O)O)cc2)C1.O=CO. The second-order valence-electron chi connectivity index (χ2n) is 6.75. The molecular formula is C20H25N3O5. The van der Waals surface area contributed by atoms with Gasteiger partial charge in [0.05, 0.1) is 5.56 Å². The highest BCUT2D eigenvalue weighted by molar-refractivity contribution is 5.87. The highest BCUT2D eigenvalue weighted by atomic mass is 16.4. The van der Waals surface area contributed by atoms with Crippen LogP contribution in [0.5, 0.6) is 0 Å². The molecule has 1 fully saturated rings. The van der Waals surface area contributed by atoms with Crippen LogP contribution in [0.15, 0.2) is 36.5 Å². The Labute approximate surface area is 163 Å². The van der Waals surface area contributed by atoms with Crippen molar-refractivity contribution in [3.05, 3.63) is 53.3 Å². The van der Waals surface area contributed by atoms with Crippen molar-refractivity contribution in [2.45, 2.75) is 25.7 Å². The minimum absolute atomic E-state index is 0.199. The summed E-state index contributed by atoms with van der Waals surface area (Å²) in [6.07, 6.45) is 4.86. The van der Waals surface area contributed by atoms with Gasteiger partial charge in [-0.2, -0.15) is 5.10 Å². The normalized spacial score (nSPS) is 15.6. The summed E-state index contributed by atoms with van der Waals surface area (Å²) in [6, 6.07) is 8.97. The van der Waals surface area contributed by atoms with E-state index in [2.05, 4.69) is 5.10 Å². The molecule has 0 aliphatic carbocycles. The number of aromatic nitrogens is 2. The van der Waals surface area contributed by atoms with Crippen LogP contribution in [0.1, 0.15) is 34.5 Å². The molecule has 1 aliphatic heterocycles. The van der Waals surface area contributed by atoms with Gasteiger partial charge in [0.2, 0.25) is 5.91 Å². The van der Waals surface area contributed by atoms with Gasteiger partial charge in [0, 0.05) is 38.4 Å². The Morgan fingerprint density at radius 1 is 1.25 bits per heavy atom. The third kappa shape index (κ3) is 5.94. The Morgan fingerprint density at radius 3 is 2.50 bits per heavy atom. The molecule has 0 spiro atoms. The van der Waals surface area contributed by atoms with Gasteiger partial charge in [0.25, 0.3) is 6.47 Å². The second kappa shape index (κ2) is 10.2. The predicted octanol–water partition coefficient (Wildman–Crippen LogP) is 1.84. The molecule has 1 saturated heterocycles. The van der Waals surface area contributed by atoms with E-state index >= 15 is 0 Å². The number of likely N-dealkylation sites (tertiary alicyclic amines) is 1. The molecule has 8 heteroatoms. The van der Waals surface area contributed by atoms with Crippen molar-refractivity contribution >= 4 is 18.3 Å². The van der Waals surface area contributed by atoms with Crippen LogP contribution < -0.4 is 0 Å². The number of carboxylic acid groups (broad SMARTS) is 2. The molecule has 1 atom stereocenters. The summed E-state index contributed by atoms with van der Waals surface area (Å²) >= 11 is 0. The van der Waals surface area contributed by atoms with Gasteiger partial charge in [-0.05, 0) is 48.9 Å². The zero-order valence-corrected chi connectivity index (χ0v) is 15.8. The van der Waals surface area contributed by atoms with E-state index < -0.39 is 5.97 Å². The van der Waals surface area contributed by atoms with E-state index in [1.807, 2.05) is 30.1 Å². The number of benzene rings is 1. The van der Waals surface area contributed by atoms with Crippen molar-refractivity contribution < 1.29 is 24.6 Å². The lowest BCUT2D eigenvalue weighted by Gasteiger charge is -2.16. The van der Waals surface area contributed by atoms with Crippen molar-refractivity contribution in [3.63, 3.8) is 0 Å². The van der Waals surface area contributed by atoms with E-state index in [-0.39, 0.29) is 12.4 Å². The molecule has 1 unspecified atom stereocenters. The van der Waals surface area contributed by atoms with Crippen LogP contribution in [-0.4, -0.2) is 56.3 Å². The summed E-state index contributed by atoms with van der Waals surface area (Å²) in [5.74, 6) is -0.265. The van der Waals surface area contributed by atoms with E-state index in [1.54, 1.807) is 23.0 Å². The monoisotopic (exact) mass is 387 g/mol. The van der Waals surface area contributed by atoms with Gasteiger partial charge < -0.3 is 15.1 Å². The van der Waals surface area contributed by atoms with Crippen molar-refractivity contribution in [3.8, 4) is 0 Å². The third-order valence-electron chi connectivity index (χ3n) is 4.88. The number of nitrogens with zero attached hydrogens (tertiary/aromatic N) is 3. The predicted molar refractivity (Wildman–Crippen MR) is 102 cm³/mol. The molecule has 0 saturated carbocycles. The minimum Gasteiger partial charge on any atom is -0.483 e. The third-order valence-corrected chi connectivity index (χ3v) is 4.88. The van der Waals surface area contributed by atoms with E-state index in [4.69, 9.17) is 15.0 Å². The first-order valence-corrected chi connectivity index (χ1v) is 9.09. The zero-order valence-electron chi connectivity index (χ0n) is 15.8. The molecule has 1 aromatic carbocycles. The van der Waals surface area contributed by atoms with Gasteiger partial charge in [-0.15, -0.1) is 0 Å². The number of aryl methyl sites for hydroxylation is 2. The Morgan fingerprint density at radius 2 is 1.93 bits per heavy atom. The molecular weight excluding hydrogens is 362 g/mol. The fourth-order valence-electron chi connectivity index (χ4n) is 3.38. The van der Waals surface area contributed by atoms with Gasteiger partial charge in [-0.1, -0.05) is 12.1 Å². The molecule has 2 aromatic rings. The first-order valence-electron chi connectivity index (χ1n) is 9.09. The number of aromatic carboxylic acids is 1. The number of amides is 1. The molecule has 3 rings (SSSR count). The number of carbonyl (C=O) groups is 3. The lowest BCUT2D eigenvalue weighted by Crippen LogP contribution is -2.29. The summed E-state index contributed by atoms with van der Waals surface area (Å²) in [5.41, 5.74) is 2.50. The molecule has 0 bridgehead atoms. The molecule has 1 amide bonds. The Balaban J connectivity index is 0.000000878. The molecule has 1 aromatic heterocycles. The Kier molecular flexibility index (Phi) is 7.74. The average Bonchev–Trinajstić information content (AvgIpc) is 3.30.